The van der Waals surface area contributed by atoms with Crippen molar-refractivity contribution in [3.05, 3.63) is 72.8 Å². The standard InChI is InChI=1S/3C10H14N.Al.ClHO4/c3*1-3-11(4-2)10-8-6-5-7-9-10;;2-1(3,4)5/h3*6-9H,3-4H2,1-2H3;;(H,2,3,4,5). The molecule has 0 fully saturated rings. The van der Waals surface area contributed by atoms with Gasteiger partial charge in [0.05, 0.1) is 14.9 Å². The summed E-state index contributed by atoms with van der Waals surface area (Å²) < 4.78 is 37.1. The average Bonchev–Trinajstić information content (AvgIpc) is 2.92. The molecule has 0 heterocycles. The van der Waals surface area contributed by atoms with Gasteiger partial charge in [-0.1, -0.05) is 49.7 Å². The lowest BCUT2D eigenvalue weighted by Crippen LogP contribution is -2.58. The van der Waals surface area contributed by atoms with Crippen molar-refractivity contribution in [2.75, 3.05) is 54.0 Å². The van der Waals surface area contributed by atoms with E-state index < -0.39 is 24.4 Å². The van der Waals surface area contributed by atoms with Gasteiger partial charge in [0.25, 0.3) is 0 Å². The summed E-state index contributed by atoms with van der Waals surface area (Å²) in [5.41, 5.74) is 3.95. The maximum Gasteiger partial charge on any atom is 0.383 e. The Labute approximate surface area is 241 Å². The maximum absolute atomic E-state index is 8.60. The molecule has 0 spiro atoms. The smallest absolute Gasteiger partial charge is 0.372 e. The van der Waals surface area contributed by atoms with Crippen LogP contribution in [0.15, 0.2) is 72.8 Å². The van der Waals surface area contributed by atoms with E-state index in [2.05, 4.69) is 129 Å². The van der Waals surface area contributed by atoms with Crippen molar-refractivity contribution in [3.8, 4) is 0 Å². The lowest BCUT2D eigenvalue weighted by Gasteiger charge is -2.24. The Morgan fingerprint density at radius 3 is 0.821 bits per heavy atom. The zero-order valence-corrected chi connectivity index (χ0v) is 26.1. The van der Waals surface area contributed by atoms with Gasteiger partial charge < -0.3 is 14.7 Å². The molecule has 9 heteroatoms. The van der Waals surface area contributed by atoms with Gasteiger partial charge >= 0.3 is 14.1 Å². The Bertz CT molecular complexity index is 943. The highest BCUT2D eigenvalue weighted by atomic mass is 35.7. The van der Waals surface area contributed by atoms with Gasteiger partial charge in [-0.25, -0.2) is 0 Å². The Balaban J connectivity index is 0.000000976. The zero-order chi connectivity index (χ0) is 29.0. The molecule has 0 atom stereocenters. The first kappa shape index (κ1) is 32.9. The van der Waals surface area contributed by atoms with Crippen LogP contribution < -0.4 is 42.0 Å². The molecule has 0 aliphatic carbocycles. The van der Waals surface area contributed by atoms with E-state index in [0.29, 0.717) is 0 Å². The molecule has 212 valence electrons. The zero-order valence-electron chi connectivity index (χ0n) is 24.1. The summed E-state index contributed by atoms with van der Waals surface area (Å²) in [4.78, 5) is 7.24. The van der Waals surface area contributed by atoms with E-state index in [1.165, 1.54) is 30.3 Å². The van der Waals surface area contributed by atoms with E-state index >= 15 is 0 Å². The molecule has 39 heavy (non-hydrogen) atoms. The first-order valence-electron chi connectivity index (χ1n) is 13.8. The largest absolute Gasteiger partial charge is 0.383 e. The van der Waals surface area contributed by atoms with Crippen LogP contribution in [-0.4, -0.2) is 58.1 Å². The predicted molar refractivity (Wildman–Crippen MR) is 157 cm³/mol. The molecule has 0 bridgehead atoms. The van der Waals surface area contributed by atoms with Crippen LogP contribution in [0.1, 0.15) is 41.5 Å². The quantitative estimate of drug-likeness (QED) is 0.318. The van der Waals surface area contributed by atoms with Crippen molar-refractivity contribution in [3.63, 3.8) is 0 Å². The molecular formula is C30H43AlClN3O4. The monoisotopic (exact) mass is 571 g/mol. The van der Waals surface area contributed by atoms with E-state index in [9.17, 15) is 0 Å². The second-order valence-corrected chi connectivity index (χ2v) is 12.8. The summed E-state index contributed by atoms with van der Waals surface area (Å²) >= 11 is -1.57. The Kier molecular flexibility index (Phi) is 13.6. The lowest BCUT2D eigenvalue weighted by molar-refractivity contribution is -1.92. The number of hydrogen-bond donors (Lipinski definition) is 1. The summed E-state index contributed by atoms with van der Waals surface area (Å²) in [5.74, 6) is 0. The van der Waals surface area contributed by atoms with Crippen molar-refractivity contribution in [2.45, 2.75) is 41.5 Å². The summed E-state index contributed by atoms with van der Waals surface area (Å²) in [7, 11) is -4.69. The molecule has 3 rings (SSSR count). The molecule has 0 aliphatic heterocycles. The molecule has 0 aromatic heterocycles. The Morgan fingerprint density at radius 1 is 0.487 bits per heavy atom. The third-order valence-electron chi connectivity index (χ3n) is 7.07. The van der Waals surface area contributed by atoms with E-state index in [-0.39, 0.29) is 0 Å². The van der Waals surface area contributed by atoms with E-state index in [4.69, 9.17) is 18.6 Å². The van der Waals surface area contributed by atoms with E-state index in [1.54, 1.807) is 0 Å². The molecule has 0 radical (unpaired) electrons. The van der Waals surface area contributed by atoms with Crippen molar-refractivity contribution in [2.24, 2.45) is 0 Å². The number of benzene rings is 3. The highest BCUT2D eigenvalue weighted by Crippen LogP contribution is 2.15. The molecule has 0 amide bonds. The highest BCUT2D eigenvalue weighted by molar-refractivity contribution is 6.95. The average molecular weight is 572 g/mol. The number of hydrogen-bond acceptors (Lipinski definition) is 7. The van der Waals surface area contributed by atoms with Gasteiger partial charge in [0.15, 0.2) is 0 Å². The van der Waals surface area contributed by atoms with E-state index in [1.807, 2.05) is 0 Å². The molecular weight excluding hydrogens is 529 g/mol. The topological polar surface area (TPSA) is 99.1 Å². The molecule has 0 unspecified atom stereocenters. The molecule has 0 saturated carbocycles. The molecule has 3 aromatic carbocycles. The number of rotatable bonds is 12. The van der Waals surface area contributed by atoms with Crippen LogP contribution in [0, 0.1) is 10.2 Å². The van der Waals surface area contributed by atoms with Gasteiger partial charge in [0.2, 0.25) is 0 Å². The van der Waals surface area contributed by atoms with Crippen LogP contribution in [0.3, 0.4) is 0 Å². The molecule has 3 aromatic rings. The van der Waals surface area contributed by atoms with Crippen molar-refractivity contribution in [1.29, 1.82) is 0 Å². The summed E-state index contributed by atoms with van der Waals surface area (Å²) in [6.07, 6.45) is 0. The van der Waals surface area contributed by atoms with Gasteiger partial charge in [0.1, 0.15) is 0 Å². The first-order chi connectivity index (χ1) is 18.6. The molecule has 1 N–H and O–H groups in total. The minimum atomic E-state index is -4.69. The second kappa shape index (κ2) is 16.1. The minimum Gasteiger partial charge on any atom is -0.372 e. The van der Waals surface area contributed by atoms with Crippen LogP contribution in [0.2, 0.25) is 0 Å². The molecule has 7 nitrogen and oxygen atoms in total. The summed E-state index contributed by atoms with van der Waals surface area (Å²) in [6.45, 7) is 19.6. The molecule has 0 saturated heterocycles. The Hall–Kier alpha value is -2.28. The number of halogens is 1. The fourth-order valence-corrected chi connectivity index (χ4v) is 7.86. The van der Waals surface area contributed by atoms with Crippen LogP contribution in [-0.2, 0) is 0 Å². The van der Waals surface area contributed by atoms with Gasteiger partial charge in [-0.3, -0.25) is 0 Å². The third kappa shape index (κ3) is 10.0. The van der Waals surface area contributed by atoms with Gasteiger partial charge in [-0.15, -0.1) is 0 Å². The van der Waals surface area contributed by atoms with Gasteiger partial charge in [0, 0.05) is 56.3 Å². The van der Waals surface area contributed by atoms with Crippen molar-refractivity contribution in [1.82, 2.24) is 0 Å². The van der Waals surface area contributed by atoms with Crippen LogP contribution >= 0.6 is 0 Å². The first-order valence-corrected chi connectivity index (χ1v) is 16.8. The third-order valence-corrected chi connectivity index (χ3v) is 10.2. The van der Waals surface area contributed by atoms with Gasteiger partial charge in [-0.2, -0.15) is 14.0 Å². The summed E-state index contributed by atoms with van der Waals surface area (Å²) in [6, 6.07) is 28.2. The summed E-state index contributed by atoms with van der Waals surface area (Å²) in [5, 5.41) is 0. The second-order valence-electron chi connectivity index (χ2n) is 9.12. The molecule has 0 aliphatic rings. The Morgan fingerprint density at radius 2 is 0.667 bits per heavy atom. The maximum atomic E-state index is 8.60. The highest BCUT2D eigenvalue weighted by Gasteiger charge is 2.25. The minimum absolute atomic E-state index is 1.04. The predicted octanol–water partition coefficient (Wildman–Crippen LogP) is 0.617. The number of nitrogens with zero attached hydrogens (tertiary/aromatic N) is 3. The van der Waals surface area contributed by atoms with E-state index in [0.717, 1.165) is 39.3 Å². The van der Waals surface area contributed by atoms with Crippen LogP contribution in [0.25, 0.3) is 0 Å². The van der Waals surface area contributed by atoms with Crippen molar-refractivity contribution >= 4 is 44.5 Å². The lowest BCUT2D eigenvalue weighted by atomic mass is 10.2. The SMILES string of the molecule is CCN(CC)c1cc[c]([Al]([c]2ccc(N(CC)CC)cc2)[c]2ccc(N(CC)CC)cc2)cc1.[O-][Cl+3]([O-])([O-])O. The van der Waals surface area contributed by atoms with Crippen LogP contribution in [0.4, 0.5) is 17.1 Å². The van der Waals surface area contributed by atoms with Gasteiger partial charge in [-0.05, 0) is 77.9 Å². The fraction of sp³-hybridized carbons (Fsp3) is 0.400. The number of anilines is 3. The fourth-order valence-electron chi connectivity index (χ4n) is 4.98. The van der Waals surface area contributed by atoms with Crippen molar-refractivity contribution < 1.29 is 28.9 Å². The van der Waals surface area contributed by atoms with Crippen LogP contribution in [0.5, 0.6) is 0 Å². The normalized spacial score (nSPS) is 10.9.